The van der Waals surface area contributed by atoms with Crippen LogP contribution in [0.2, 0.25) is 0 Å². The smallest absolute Gasteiger partial charge is 0.255 e. The molecule has 1 heterocycles. The van der Waals surface area contributed by atoms with E-state index in [1.54, 1.807) is 49.6 Å². The van der Waals surface area contributed by atoms with Crippen molar-refractivity contribution in [1.29, 1.82) is 0 Å². The van der Waals surface area contributed by atoms with Crippen molar-refractivity contribution in [2.45, 2.75) is 12.8 Å². The molecule has 1 saturated heterocycles. The predicted octanol–water partition coefficient (Wildman–Crippen LogP) is 3.96. The number of methoxy groups -OCH3 is 1. The minimum absolute atomic E-state index is 0.00824. The Morgan fingerprint density at radius 1 is 1.07 bits per heavy atom. The Hall–Kier alpha value is -2.38. The van der Waals surface area contributed by atoms with Crippen LogP contribution in [-0.4, -0.2) is 50.1 Å². The second-order valence-electron chi connectivity index (χ2n) is 6.52. The van der Waals surface area contributed by atoms with Gasteiger partial charge in [-0.25, -0.2) is 0 Å². The molecule has 2 amide bonds. The lowest BCUT2D eigenvalue weighted by molar-refractivity contribution is 0.0792. The average molecular weight is 447 g/mol. The summed E-state index contributed by atoms with van der Waals surface area (Å²) in [7, 11) is 1.61. The summed E-state index contributed by atoms with van der Waals surface area (Å²) in [6.07, 6.45) is 2.09. The number of carbonyl (C=O) groups is 2. The maximum absolute atomic E-state index is 12.6. The van der Waals surface area contributed by atoms with Crippen LogP contribution in [0.5, 0.6) is 5.75 Å². The van der Waals surface area contributed by atoms with Crippen molar-refractivity contribution in [3.05, 3.63) is 58.1 Å². The Morgan fingerprint density at radius 2 is 1.86 bits per heavy atom. The summed E-state index contributed by atoms with van der Waals surface area (Å²) in [6.45, 7) is 2.50. The van der Waals surface area contributed by atoms with Crippen LogP contribution >= 0.6 is 15.9 Å². The number of rotatable bonds is 7. The molecule has 2 aromatic carbocycles. The number of hydrogen-bond acceptors (Lipinski definition) is 4. The van der Waals surface area contributed by atoms with E-state index < -0.39 is 0 Å². The van der Waals surface area contributed by atoms with Crippen LogP contribution in [0.1, 0.15) is 33.6 Å². The normalized spacial score (nSPS) is 13.4. The van der Waals surface area contributed by atoms with Crippen molar-refractivity contribution in [1.82, 2.24) is 4.90 Å². The summed E-state index contributed by atoms with van der Waals surface area (Å²) in [5, 5.41) is 2.85. The van der Waals surface area contributed by atoms with Gasteiger partial charge < -0.3 is 19.7 Å². The lowest BCUT2D eigenvalue weighted by atomic mass is 10.1. The summed E-state index contributed by atoms with van der Waals surface area (Å²) in [4.78, 5) is 27.0. The molecule has 1 aliphatic rings. The maximum Gasteiger partial charge on any atom is 0.255 e. The zero-order valence-corrected chi connectivity index (χ0v) is 17.3. The van der Waals surface area contributed by atoms with Crippen molar-refractivity contribution in [2.75, 3.05) is 38.7 Å². The largest absolute Gasteiger partial charge is 0.490 e. The Labute approximate surface area is 172 Å². The summed E-state index contributed by atoms with van der Waals surface area (Å²) in [5.41, 5.74) is 1.66. The second-order valence-corrected chi connectivity index (χ2v) is 7.38. The molecule has 148 valence electrons. The first-order chi connectivity index (χ1) is 13.6. The lowest BCUT2D eigenvalue weighted by Gasteiger charge is -2.16. The molecule has 0 spiro atoms. The van der Waals surface area contributed by atoms with Gasteiger partial charge in [-0.15, -0.1) is 0 Å². The first kappa shape index (κ1) is 20.4. The van der Waals surface area contributed by atoms with Gasteiger partial charge in [0.1, 0.15) is 12.4 Å². The van der Waals surface area contributed by atoms with Gasteiger partial charge in [-0.3, -0.25) is 9.59 Å². The summed E-state index contributed by atoms with van der Waals surface area (Å²) < 4.78 is 11.2. The molecule has 0 atom stereocenters. The van der Waals surface area contributed by atoms with Crippen molar-refractivity contribution < 1.29 is 19.1 Å². The molecule has 3 rings (SSSR count). The monoisotopic (exact) mass is 446 g/mol. The van der Waals surface area contributed by atoms with Crippen molar-refractivity contribution in [3.63, 3.8) is 0 Å². The highest BCUT2D eigenvalue weighted by molar-refractivity contribution is 9.10. The number of hydrogen-bond donors (Lipinski definition) is 1. The number of benzene rings is 2. The molecular weight excluding hydrogens is 424 g/mol. The van der Waals surface area contributed by atoms with E-state index in [1.807, 2.05) is 4.90 Å². The van der Waals surface area contributed by atoms with Crippen LogP contribution in [0.15, 0.2) is 46.9 Å². The zero-order chi connectivity index (χ0) is 19.9. The van der Waals surface area contributed by atoms with Gasteiger partial charge in [0.15, 0.2) is 0 Å². The fourth-order valence-electron chi connectivity index (χ4n) is 3.03. The van der Waals surface area contributed by atoms with E-state index >= 15 is 0 Å². The van der Waals surface area contributed by atoms with Crippen molar-refractivity contribution in [2.24, 2.45) is 0 Å². The third-order valence-corrected chi connectivity index (χ3v) is 5.12. The number of anilines is 1. The van der Waals surface area contributed by atoms with Gasteiger partial charge >= 0.3 is 0 Å². The molecule has 0 radical (unpaired) electrons. The first-order valence-electron chi connectivity index (χ1n) is 9.20. The molecule has 28 heavy (non-hydrogen) atoms. The van der Waals surface area contributed by atoms with Gasteiger partial charge in [-0.05, 0) is 65.2 Å². The highest BCUT2D eigenvalue weighted by Gasteiger charge is 2.19. The Morgan fingerprint density at radius 3 is 2.57 bits per heavy atom. The quantitative estimate of drug-likeness (QED) is 0.653. The maximum atomic E-state index is 12.6. The van der Waals surface area contributed by atoms with Crippen LogP contribution in [0.4, 0.5) is 5.69 Å². The number of nitrogens with zero attached hydrogens (tertiary/aromatic N) is 1. The number of amides is 2. The number of ether oxygens (including phenoxy) is 2. The molecule has 0 aromatic heterocycles. The predicted molar refractivity (Wildman–Crippen MR) is 111 cm³/mol. The minimum Gasteiger partial charge on any atom is -0.490 e. The van der Waals surface area contributed by atoms with E-state index in [-0.39, 0.29) is 11.8 Å². The van der Waals surface area contributed by atoms with Gasteiger partial charge in [-0.2, -0.15) is 0 Å². The van der Waals surface area contributed by atoms with Gasteiger partial charge in [0.25, 0.3) is 11.8 Å². The third kappa shape index (κ3) is 5.11. The number of carbonyl (C=O) groups excluding carboxylic acids is 2. The SMILES string of the molecule is COCCOc1ccc(C(=O)Nc2cccc(C(=O)N3CCCC3)c2)cc1Br. The number of likely N-dealkylation sites (tertiary alicyclic amines) is 1. The van der Waals surface area contributed by atoms with E-state index in [2.05, 4.69) is 21.2 Å². The minimum atomic E-state index is -0.255. The molecule has 2 aromatic rings. The third-order valence-electron chi connectivity index (χ3n) is 4.50. The summed E-state index contributed by atoms with van der Waals surface area (Å²) in [6, 6.07) is 12.2. The molecule has 0 unspecified atom stereocenters. The highest BCUT2D eigenvalue weighted by Crippen LogP contribution is 2.26. The van der Waals surface area contributed by atoms with E-state index in [0.717, 1.165) is 25.9 Å². The van der Waals surface area contributed by atoms with Gasteiger partial charge in [-0.1, -0.05) is 6.07 Å². The lowest BCUT2D eigenvalue weighted by Crippen LogP contribution is -2.27. The van der Waals surface area contributed by atoms with Gasteiger partial charge in [0.05, 0.1) is 11.1 Å². The van der Waals surface area contributed by atoms with E-state index in [0.29, 0.717) is 40.3 Å². The molecular formula is C21H23BrN2O4. The first-order valence-corrected chi connectivity index (χ1v) is 10.00. The van der Waals surface area contributed by atoms with Crippen molar-refractivity contribution in [3.8, 4) is 5.75 Å². The second kappa shape index (κ2) is 9.71. The van der Waals surface area contributed by atoms with E-state index in [4.69, 9.17) is 9.47 Å². The average Bonchev–Trinajstić information content (AvgIpc) is 3.23. The molecule has 7 heteroatoms. The zero-order valence-electron chi connectivity index (χ0n) is 15.7. The van der Waals surface area contributed by atoms with Crippen LogP contribution in [0.25, 0.3) is 0 Å². The van der Waals surface area contributed by atoms with E-state index in [9.17, 15) is 9.59 Å². The molecule has 0 bridgehead atoms. The van der Waals surface area contributed by atoms with Gasteiger partial charge in [0.2, 0.25) is 0 Å². The Kier molecular flexibility index (Phi) is 7.06. The Balaban J connectivity index is 1.66. The molecule has 1 N–H and O–H groups in total. The molecule has 1 fully saturated rings. The highest BCUT2D eigenvalue weighted by atomic mass is 79.9. The topological polar surface area (TPSA) is 67.9 Å². The molecule has 1 aliphatic heterocycles. The molecule has 6 nitrogen and oxygen atoms in total. The Bertz CT molecular complexity index is 850. The van der Waals surface area contributed by atoms with Crippen LogP contribution < -0.4 is 10.1 Å². The standard InChI is InChI=1S/C21H23BrN2O4/c1-27-11-12-28-19-8-7-15(14-18(19)22)20(25)23-17-6-4-5-16(13-17)21(26)24-9-2-3-10-24/h4-8,13-14H,2-3,9-12H2,1H3,(H,23,25). The molecule has 0 saturated carbocycles. The van der Waals surface area contributed by atoms with Gasteiger partial charge in [0, 0.05) is 37.0 Å². The molecule has 0 aliphatic carbocycles. The number of halogens is 1. The van der Waals surface area contributed by atoms with E-state index in [1.165, 1.54) is 0 Å². The van der Waals surface area contributed by atoms with Crippen molar-refractivity contribution >= 4 is 33.4 Å². The van der Waals surface area contributed by atoms with Crippen LogP contribution in [-0.2, 0) is 4.74 Å². The fourth-order valence-corrected chi connectivity index (χ4v) is 3.52. The summed E-state index contributed by atoms with van der Waals surface area (Å²) >= 11 is 3.43. The van der Waals surface area contributed by atoms with Crippen LogP contribution in [0.3, 0.4) is 0 Å². The fraction of sp³-hybridized carbons (Fsp3) is 0.333. The summed E-state index contributed by atoms with van der Waals surface area (Å²) in [5.74, 6) is 0.399. The number of nitrogens with one attached hydrogen (secondary N) is 1. The van der Waals surface area contributed by atoms with Crippen LogP contribution in [0, 0.1) is 0 Å².